The average molecular weight is 239 g/mol. The van der Waals surface area contributed by atoms with E-state index in [1.165, 1.54) is 0 Å². The lowest BCUT2D eigenvalue weighted by atomic mass is 9.89. The van der Waals surface area contributed by atoms with E-state index in [9.17, 15) is 4.79 Å². The molecule has 0 spiro atoms. The van der Waals surface area contributed by atoms with Crippen LogP contribution in [0, 0.1) is 5.92 Å². The lowest BCUT2D eigenvalue weighted by Crippen LogP contribution is -2.16. The van der Waals surface area contributed by atoms with Crippen LogP contribution in [-0.2, 0) is 4.79 Å². The third-order valence-corrected chi connectivity index (χ3v) is 2.69. The zero-order valence-corrected chi connectivity index (χ0v) is 9.73. The molecule has 1 aromatic carbocycles. The van der Waals surface area contributed by atoms with Gasteiger partial charge >= 0.3 is 0 Å². The molecule has 1 aromatic rings. The standard InChI is InChI=1S/C15H13NO2/c17-15(11-16-18)14-9-5-4-8-13(14)10-12-6-2-1-3-7-12/h1-11,14,18H. The minimum atomic E-state index is -0.383. The Morgan fingerprint density at radius 2 is 2.00 bits per heavy atom. The van der Waals surface area contributed by atoms with Gasteiger partial charge in [-0.3, -0.25) is 4.79 Å². The van der Waals surface area contributed by atoms with Crippen molar-refractivity contribution >= 4 is 18.1 Å². The van der Waals surface area contributed by atoms with Crippen molar-refractivity contribution in [1.82, 2.24) is 0 Å². The van der Waals surface area contributed by atoms with Gasteiger partial charge in [-0.25, -0.2) is 0 Å². The van der Waals surface area contributed by atoms with Gasteiger partial charge < -0.3 is 5.21 Å². The average Bonchev–Trinajstić information content (AvgIpc) is 2.41. The first-order valence-corrected chi connectivity index (χ1v) is 5.64. The smallest absolute Gasteiger partial charge is 0.188 e. The molecule has 0 amide bonds. The summed E-state index contributed by atoms with van der Waals surface area (Å²) in [7, 11) is 0. The van der Waals surface area contributed by atoms with Crippen LogP contribution in [0.25, 0.3) is 6.08 Å². The second-order valence-electron chi connectivity index (χ2n) is 3.92. The third-order valence-electron chi connectivity index (χ3n) is 2.69. The molecule has 1 atom stereocenters. The fourth-order valence-corrected chi connectivity index (χ4v) is 1.83. The summed E-state index contributed by atoms with van der Waals surface area (Å²) in [6.45, 7) is 0. The van der Waals surface area contributed by atoms with E-state index in [2.05, 4.69) is 5.16 Å². The third kappa shape index (κ3) is 2.83. The first-order chi connectivity index (χ1) is 8.81. The Bertz CT molecular complexity index is 539. The summed E-state index contributed by atoms with van der Waals surface area (Å²) in [5.41, 5.74) is 1.92. The van der Waals surface area contributed by atoms with Gasteiger partial charge in [-0.2, -0.15) is 0 Å². The van der Waals surface area contributed by atoms with E-state index in [1.807, 2.05) is 54.6 Å². The highest BCUT2D eigenvalue weighted by Crippen LogP contribution is 2.22. The lowest BCUT2D eigenvalue weighted by molar-refractivity contribution is -0.114. The number of rotatable bonds is 3. The van der Waals surface area contributed by atoms with Crippen molar-refractivity contribution in [2.45, 2.75) is 0 Å². The van der Waals surface area contributed by atoms with Gasteiger partial charge in [0.05, 0.1) is 5.92 Å². The van der Waals surface area contributed by atoms with E-state index in [-0.39, 0.29) is 11.7 Å². The summed E-state index contributed by atoms with van der Waals surface area (Å²) in [4.78, 5) is 11.8. The molecule has 1 N–H and O–H groups in total. The van der Waals surface area contributed by atoms with Crippen molar-refractivity contribution in [2.24, 2.45) is 11.1 Å². The zero-order chi connectivity index (χ0) is 12.8. The summed E-state index contributed by atoms with van der Waals surface area (Å²) in [6.07, 6.45) is 10.3. The van der Waals surface area contributed by atoms with Crippen LogP contribution < -0.4 is 0 Å². The number of nitrogens with zero attached hydrogens (tertiary/aromatic N) is 1. The van der Waals surface area contributed by atoms with E-state index in [4.69, 9.17) is 5.21 Å². The lowest BCUT2D eigenvalue weighted by Gasteiger charge is -2.13. The fraction of sp³-hybridized carbons (Fsp3) is 0.0667. The predicted octanol–water partition coefficient (Wildman–Crippen LogP) is 2.84. The van der Waals surface area contributed by atoms with Crippen molar-refractivity contribution in [3.63, 3.8) is 0 Å². The van der Waals surface area contributed by atoms with Crippen molar-refractivity contribution in [1.29, 1.82) is 0 Å². The maximum Gasteiger partial charge on any atom is 0.188 e. The van der Waals surface area contributed by atoms with E-state index in [1.54, 1.807) is 6.08 Å². The highest BCUT2D eigenvalue weighted by atomic mass is 16.4. The summed E-state index contributed by atoms with van der Waals surface area (Å²) in [6, 6.07) is 9.78. The molecule has 1 unspecified atom stereocenters. The molecule has 0 aromatic heterocycles. The maximum absolute atomic E-state index is 11.8. The van der Waals surface area contributed by atoms with Gasteiger partial charge in [-0.05, 0) is 11.1 Å². The molecule has 0 radical (unpaired) electrons. The van der Waals surface area contributed by atoms with Crippen LogP contribution in [0.4, 0.5) is 0 Å². The number of benzene rings is 1. The number of Topliss-reactive ketones (excluding diaryl/α,β-unsaturated/α-hetero) is 1. The molecule has 3 heteroatoms. The predicted molar refractivity (Wildman–Crippen MR) is 71.5 cm³/mol. The van der Waals surface area contributed by atoms with Gasteiger partial charge in [0.1, 0.15) is 6.21 Å². The van der Waals surface area contributed by atoms with E-state index in [0.717, 1.165) is 17.4 Å². The number of allylic oxidation sites excluding steroid dienone is 5. The number of hydrogen-bond donors (Lipinski definition) is 1. The van der Waals surface area contributed by atoms with Gasteiger partial charge in [0.15, 0.2) is 5.78 Å². The monoisotopic (exact) mass is 239 g/mol. The second-order valence-corrected chi connectivity index (χ2v) is 3.92. The minimum absolute atomic E-state index is 0.236. The van der Waals surface area contributed by atoms with Crippen molar-refractivity contribution in [3.8, 4) is 0 Å². The molecule has 1 aliphatic rings. The molecule has 0 saturated heterocycles. The van der Waals surface area contributed by atoms with Crippen molar-refractivity contribution in [3.05, 3.63) is 65.8 Å². The Labute approximate surface area is 105 Å². The van der Waals surface area contributed by atoms with Crippen LogP contribution in [0.1, 0.15) is 5.56 Å². The first kappa shape index (κ1) is 12.0. The Morgan fingerprint density at radius 3 is 2.72 bits per heavy atom. The normalized spacial score (nSPS) is 20.7. The number of ketones is 1. The van der Waals surface area contributed by atoms with Crippen LogP contribution in [0.2, 0.25) is 0 Å². The Morgan fingerprint density at radius 1 is 1.22 bits per heavy atom. The van der Waals surface area contributed by atoms with Crippen LogP contribution in [-0.4, -0.2) is 17.2 Å². The highest BCUT2D eigenvalue weighted by molar-refractivity contribution is 6.29. The minimum Gasteiger partial charge on any atom is -0.411 e. The van der Waals surface area contributed by atoms with Crippen LogP contribution >= 0.6 is 0 Å². The first-order valence-electron chi connectivity index (χ1n) is 5.64. The molecule has 90 valence electrons. The number of oxime groups is 1. The molecular weight excluding hydrogens is 226 g/mol. The van der Waals surface area contributed by atoms with E-state index < -0.39 is 0 Å². The number of hydrogen-bond acceptors (Lipinski definition) is 3. The summed E-state index contributed by atoms with van der Waals surface area (Å²) >= 11 is 0. The quantitative estimate of drug-likeness (QED) is 0.501. The fourth-order valence-electron chi connectivity index (χ4n) is 1.83. The molecule has 18 heavy (non-hydrogen) atoms. The van der Waals surface area contributed by atoms with Gasteiger partial charge in [0, 0.05) is 0 Å². The van der Waals surface area contributed by atoms with Crippen LogP contribution in [0.3, 0.4) is 0 Å². The molecule has 0 saturated carbocycles. The number of carbonyl (C=O) groups excluding carboxylic acids is 1. The van der Waals surface area contributed by atoms with E-state index >= 15 is 0 Å². The molecular formula is C15H13NO2. The van der Waals surface area contributed by atoms with Crippen molar-refractivity contribution in [2.75, 3.05) is 0 Å². The van der Waals surface area contributed by atoms with Gasteiger partial charge in [-0.1, -0.05) is 65.9 Å². The van der Waals surface area contributed by atoms with Gasteiger partial charge in [0.2, 0.25) is 0 Å². The molecule has 0 aliphatic heterocycles. The molecule has 3 nitrogen and oxygen atoms in total. The molecule has 0 fully saturated rings. The van der Waals surface area contributed by atoms with Crippen molar-refractivity contribution < 1.29 is 10.0 Å². The maximum atomic E-state index is 11.8. The second kappa shape index (κ2) is 5.77. The molecule has 0 bridgehead atoms. The Hall–Kier alpha value is -2.42. The largest absolute Gasteiger partial charge is 0.411 e. The Kier molecular flexibility index (Phi) is 3.86. The van der Waals surface area contributed by atoms with Crippen LogP contribution in [0.5, 0.6) is 0 Å². The summed E-state index contributed by atoms with van der Waals surface area (Å²) < 4.78 is 0. The zero-order valence-electron chi connectivity index (χ0n) is 9.73. The molecule has 0 heterocycles. The molecule has 2 rings (SSSR count). The summed E-state index contributed by atoms with van der Waals surface area (Å²) in [5.74, 6) is -0.619. The van der Waals surface area contributed by atoms with E-state index in [0.29, 0.717) is 0 Å². The SMILES string of the molecule is O=C(C=NO)C1C=CC=CC1=Cc1ccccc1. The number of carbonyl (C=O) groups is 1. The molecule has 1 aliphatic carbocycles. The highest BCUT2D eigenvalue weighted by Gasteiger charge is 2.18. The van der Waals surface area contributed by atoms with Gasteiger partial charge in [-0.15, -0.1) is 0 Å². The van der Waals surface area contributed by atoms with Gasteiger partial charge in [0.25, 0.3) is 0 Å². The topological polar surface area (TPSA) is 49.7 Å². The van der Waals surface area contributed by atoms with Crippen LogP contribution in [0.15, 0.2) is 65.4 Å². The Balaban J connectivity index is 2.30. The summed E-state index contributed by atoms with van der Waals surface area (Å²) in [5, 5.41) is 11.2.